The van der Waals surface area contributed by atoms with Crippen LogP contribution in [0.1, 0.15) is 17.9 Å². The Hall–Kier alpha value is -1.07. The lowest BCUT2D eigenvalue weighted by Gasteiger charge is -2.15. The minimum absolute atomic E-state index is 0.100. The van der Waals surface area contributed by atoms with Crippen molar-refractivity contribution in [2.45, 2.75) is 18.3 Å². The highest BCUT2D eigenvalue weighted by atomic mass is 35.5. The Bertz CT molecular complexity index is 501. The average Bonchev–Trinajstić information content (AvgIpc) is 2.26. The van der Waals surface area contributed by atoms with Gasteiger partial charge in [-0.3, -0.25) is 4.79 Å². The predicted molar refractivity (Wildman–Crippen MR) is 72.4 cm³/mol. The molecule has 6 heteroatoms. The molecule has 100 valence electrons. The summed E-state index contributed by atoms with van der Waals surface area (Å²) in [6.45, 7) is 1.63. The van der Waals surface area contributed by atoms with E-state index in [1.807, 2.05) is 6.07 Å². The molecule has 0 fully saturated rings. The van der Waals surface area contributed by atoms with Crippen molar-refractivity contribution < 1.29 is 13.2 Å². The molecule has 2 unspecified atom stereocenters. The first-order valence-corrected chi connectivity index (χ1v) is 7.96. The van der Waals surface area contributed by atoms with Crippen LogP contribution in [0.25, 0.3) is 0 Å². The summed E-state index contributed by atoms with van der Waals surface area (Å²) in [6.07, 6.45) is 1.13. The number of rotatable bonds is 5. The van der Waals surface area contributed by atoms with Gasteiger partial charge in [-0.25, -0.2) is 8.42 Å². The van der Waals surface area contributed by atoms with Crippen LogP contribution < -0.4 is 5.32 Å². The standard InChI is InChI=1S/C12H16ClNO3S/c1-9(8-18(2,16)17)14-12(15)11(13)10-6-4-3-5-7-10/h3-7,9,11H,8H2,1-2H3,(H,14,15). The maximum absolute atomic E-state index is 11.8. The van der Waals surface area contributed by atoms with Crippen LogP contribution in [-0.2, 0) is 14.6 Å². The molecule has 0 radical (unpaired) electrons. The molecular weight excluding hydrogens is 274 g/mol. The van der Waals surface area contributed by atoms with E-state index in [0.717, 1.165) is 6.26 Å². The Labute approximate surface area is 112 Å². The fourth-order valence-electron chi connectivity index (χ4n) is 1.59. The van der Waals surface area contributed by atoms with E-state index < -0.39 is 21.3 Å². The number of hydrogen-bond acceptors (Lipinski definition) is 3. The molecule has 1 amide bonds. The third-order valence-corrected chi connectivity index (χ3v) is 3.82. The zero-order valence-corrected chi connectivity index (χ0v) is 11.8. The first kappa shape index (κ1) is 15.0. The number of hydrogen-bond donors (Lipinski definition) is 1. The van der Waals surface area contributed by atoms with E-state index in [4.69, 9.17) is 11.6 Å². The van der Waals surface area contributed by atoms with Crippen molar-refractivity contribution in [2.75, 3.05) is 12.0 Å². The summed E-state index contributed by atoms with van der Waals surface area (Å²) in [7, 11) is -3.12. The van der Waals surface area contributed by atoms with E-state index in [0.29, 0.717) is 5.56 Å². The summed E-state index contributed by atoms with van der Waals surface area (Å²) < 4.78 is 22.2. The van der Waals surface area contributed by atoms with Crippen LogP contribution in [0.2, 0.25) is 0 Å². The van der Waals surface area contributed by atoms with Crippen molar-refractivity contribution in [1.29, 1.82) is 0 Å². The quantitative estimate of drug-likeness (QED) is 0.836. The molecule has 0 bridgehead atoms. The predicted octanol–water partition coefficient (Wildman–Crippen LogP) is 1.52. The second-order valence-corrected chi connectivity index (χ2v) is 6.90. The molecule has 1 aromatic rings. The minimum Gasteiger partial charge on any atom is -0.351 e. The largest absolute Gasteiger partial charge is 0.351 e. The van der Waals surface area contributed by atoms with Gasteiger partial charge in [-0.15, -0.1) is 11.6 Å². The molecule has 4 nitrogen and oxygen atoms in total. The topological polar surface area (TPSA) is 63.2 Å². The van der Waals surface area contributed by atoms with Gasteiger partial charge >= 0.3 is 0 Å². The lowest BCUT2D eigenvalue weighted by atomic mass is 10.1. The van der Waals surface area contributed by atoms with Crippen molar-refractivity contribution in [1.82, 2.24) is 5.32 Å². The van der Waals surface area contributed by atoms with Gasteiger partial charge in [0.05, 0.1) is 5.75 Å². The van der Waals surface area contributed by atoms with Crippen LogP contribution >= 0.6 is 11.6 Å². The van der Waals surface area contributed by atoms with Gasteiger partial charge in [0.1, 0.15) is 15.2 Å². The maximum atomic E-state index is 11.8. The third-order valence-electron chi connectivity index (χ3n) is 2.26. The highest BCUT2D eigenvalue weighted by molar-refractivity contribution is 7.90. The maximum Gasteiger partial charge on any atom is 0.242 e. The van der Waals surface area contributed by atoms with Crippen molar-refractivity contribution in [3.05, 3.63) is 35.9 Å². The zero-order chi connectivity index (χ0) is 13.8. The first-order valence-electron chi connectivity index (χ1n) is 5.46. The Morgan fingerprint density at radius 2 is 1.89 bits per heavy atom. The minimum atomic E-state index is -3.12. The van der Waals surface area contributed by atoms with Gasteiger partial charge in [0.2, 0.25) is 5.91 Å². The van der Waals surface area contributed by atoms with Gasteiger partial charge < -0.3 is 5.32 Å². The number of carbonyl (C=O) groups is 1. The van der Waals surface area contributed by atoms with Crippen LogP contribution in [0.5, 0.6) is 0 Å². The summed E-state index contributed by atoms with van der Waals surface area (Å²) in [6, 6.07) is 8.45. The fraction of sp³-hybridized carbons (Fsp3) is 0.417. The first-order chi connectivity index (χ1) is 8.29. The number of sulfone groups is 1. The van der Waals surface area contributed by atoms with Crippen molar-refractivity contribution in [2.24, 2.45) is 0 Å². The number of alkyl halides is 1. The van der Waals surface area contributed by atoms with Gasteiger partial charge in [0.25, 0.3) is 0 Å². The van der Waals surface area contributed by atoms with Gasteiger partial charge in [0.15, 0.2) is 0 Å². The van der Waals surface area contributed by atoms with Crippen molar-refractivity contribution in [3.8, 4) is 0 Å². The molecule has 1 aromatic carbocycles. The summed E-state index contributed by atoms with van der Waals surface area (Å²) in [5.41, 5.74) is 0.684. The van der Waals surface area contributed by atoms with Crippen molar-refractivity contribution >= 4 is 27.3 Å². The van der Waals surface area contributed by atoms with Gasteiger partial charge in [-0.1, -0.05) is 30.3 Å². The third kappa shape index (κ3) is 5.06. The van der Waals surface area contributed by atoms with Crippen LogP contribution in [0.3, 0.4) is 0 Å². The molecule has 0 aromatic heterocycles. The molecule has 0 aliphatic carbocycles. The molecule has 2 atom stereocenters. The van der Waals surface area contributed by atoms with Crippen molar-refractivity contribution in [3.63, 3.8) is 0 Å². The highest BCUT2D eigenvalue weighted by Crippen LogP contribution is 2.20. The molecule has 0 aliphatic heterocycles. The Kier molecular flexibility index (Phi) is 5.16. The monoisotopic (exact) mass is 289 g/mol. The normalized spacial score (nSPS) is 14.8. The summed E-state index contributed by atoms with van der Waals surface area (Å²) in [5, 5.41) is 1.77. The molecule has 0 saturated carbocycles. The van der Waals surface area contributed by atoms with E-state index in [-0.39, 0.29) is 11.7 Å². The van der Waals surface area contributed by atoms with E-state index in [9.17, 15) is 13.2 Å². The van der Waals surface area contributed by atoms with Gasteiger partial charge in [-0.05, 0) is 12.5 Å². The zero-order valence-electron chi connectivity index (χ0n) is 10.3. The van der Waals surface area contributed by atoms with E-state index in [2.05, 4.69) is 5.32 Å². The van der Waals surface area contributed by atoms with E-state index in [1.165, 1.54) is 0 Å². The lowest BCUT2D eigenvalue weighted by molar-refractivity contribution is -0.121. The second kappa shape index (κ2) is 6.20. The van der Waals surface area contributed by atoms with E-state index >= 15 is 0 Å². The molecule has 0 saturated heterocycles. The summed E-state index contributed by atoms with van der Waals surface area (Å²) >= 11 is 6.01. The summed E-state index contributed by atoms with van der Waals surface area (Å²) in [5.74, 6) is -0.490. The number of halogens is 1. The molecule has 1 rings (SSSR count). The number of benzene rings is 1. The molecule has 1 N–H and O–H groups in total. The fourth-order valence-corrected chi connectivity index (χ4v) is 2.79. The van der Waals surface area contributed by atoms with Gasteiger partial charge in [0, 0.05) is 12.3 Å². The van der Waals surface area contributed by atoms with E-state index in [1.54, 1.807) is 31.2 Å². The average molecular weight is 290 g/mol. The van der Waals surface area contributed by atoms with Crippen LogP contribution in [0, 0.1) is 0 Å². The molecule has 0 aliphatic rings. The number of amides is 1. The Morgan fingerprint density at radius 3 is 2.39 bits per heavy atom. The SMILES string of the molecule is CC(CS(C)(=O)=O)NC(=O)C(Cl)c1ccccc1. The Morgan fingerprint density at radius 1 is 1.33 bits per heavy atom. The van der Waals surface area contributed by atoms with Crippen LogP contribution in [0.4, 0.5) is 0 Å². The number of nitrogens with one attached hydrogen (secondary N) is 1. The summed E-state index contributed by atoms with van der Waals surface area (Å²) in [4.78, 5) is 11.8. The molecule has 0 spiro atoms. The number of carbonyl (C=O) groups excluding carboxylic acids is 1. The van der Waals surface area contributed by atoms with Crippen LogP contribution in [-0.4, -0.2) is 32.4 Å². The molecule has 0 heterocycles. The van der Waals surface area contributed by atoms with Crippen LogP contribution in [0.15, 0.2) is 30.3 Å². The highest BCUT2D eigenvalue weighted by Gasteiger charge is 2.20. The van der Waals surface area contributed by atoms with Gasteiger partial charge in [-0.2, -0.15) is 0 Å². The molecular formula is C12H16ClNO3S. The smallest absolute Gasteiger partial charge is 0.242 e. The molecule has 18 heavy (non-hydrogen) atoms. The lowest BCUT2D eigenvalue weighted by Crippen LogP contribution is -2.39. The second-order valence-electron chi connectivity index (χ2n) is 4.28. The Balaban J connectivity index is 2.61.